The maximum Gasteiger partial charge on any atom is 0.315 e. The van der Waals surface area contributed by atoms with E-state index in [4.69, 9.17) is 9.73 Å². The summed E-state index contributed by atoms with van der Waals surface area (Å²) in [5.41, 5.74) is 3.33. The van der Waals surface area contributed by atoms with Gasteiger partial charge in [-0.15, -0.1) is 0 Å². The molecule has 0 aromatic heterocycles. The van der Waals surface area contributed by atoms with Crippen molar-refractivity contribution in [3.05, 3.63) is 45.6 Å². The van der Waals surface area contributed by atoms with Crippen LogP contribution in [0.2, 0.25) is 0 Å². The Balaban J connectivity index is 1.71. The first kappa shape index (κ1) is 19.6. The third-order valence-corrected chi connectivity index (χ3v) is 6.68. The number of carbonyl (C=O) groups excluding carboxylic acids is 2. The van der Waals surface area contributed by atoms with Crippen LogP contribution in [-0.2, 0) is 14.3 Å². The van der Waals surface area contributed by atoms with Gasteiger partial charge in [0.15, 0.2) is 5.78 Å². The van der Waals surface area contributed by atoms with Crippen molar-refractivity contribution in [2.75, 3.05) is 0 Å². The van der Waals surface area contributed by atoms with E-state index < -0.39 is 5.92 Å². The Bertz CT molecular complexity index is 834. The van der Waals surface area contributed by atoms with Gasteiger partial charge in [-0.25, -0.2) is 0 Å². The molecule has 0 amide bonds. The van der Waals surface area contributed by atoms with Crippen LogP contribution in [0.5, 0.6) is 0 Å². The average molecular weight is 444 g/mol. The average Bonchev–Trinajstić information content (AvgIpc) is 2.68. The Kier molecular flexibility index (Phi) is 5.81. The fraction of sp³-hybridized carbons (Fsp3) is 0.522. The van der Waals surface area contributed by atoms with Crippen molar-refractivity contribution in [2.24, 2.45) is 10.9 Å². The van der Waals surface area contributed by atoms with E-state index in [1.54, 1.807) is 0 Å². The molecule has 4 nitrogen and oxygen atoms in total. The van der Waals surface area contributed by atoms with Crippen LogP contribution in [0.4, 0.5) is 0 Å². The summed E-state index contributed by atoms with van der Waals surface area (Å²) in [7, 11) is 0. The minimum Gasteiger partial charge on any atom is -0.462 e. The molecule has 0 N–H and O–H groups in total. The molecule has 1 heterocycles. The summed E-state index contributed by atoms with van der Waals surface area (Å²) in [6, 6.07) is 7.93. The topological polar surface area (TPSA) is 55.7 Å². The summed E-state index contributed by atoms with van der Waals surface area (Å²) in [5.74, 6) is -0.930. The van der Waals surface area contributed by atoms with E-state index >= 15 is 0 Å². The number of hydrogen-bond acceptors (Lipinski definition) is 4. The zero-order chi connectivity index (χ0) is 19.7. The first-order chi connectivity index (χ1) is 13.5. The molecule has 0 saturated heterocycles. The highest BCUT2D eigenvalue weighted by Gasteiger charge is 2.43. The van der Waals surface area contributed by atoms with E-state index in [-0.39, 0.29) is 23.8 Å². The number of benzene rings is 1. The Morgan fingerprint density at radius 2 is 1.79 bits per heavy atom. The Morgan fingerprint density at radius 1 is 1.07 bits per heavy atom. The lowest BCUT2D eigenvalue weighted by atomic mass is 9.72. The fourth-order valence-electron chi connectivity index (χ4n) is 4.76. The maximum atomic E-state index is 13.3. The van der Waals surface area contributed by atoms with Gasteiger partial charge in [-0.3, -0.25) is 14.6 Å². The van der Waals surface area contributed by atoms with Gasteiger partial charge < -0.3 is 4.74 Å². The lowest BCUT2D eigenvalue weighted by Crippen LogP contribution is -2.38. The molecule has 148 valence electrons. The third kappa shape index (κ3) is 3.86. The van der Waals surface area contributed by atoms with Crippen LogP contribution in [0.1, 0.15) is 69.8 Å². The van der Waals surface area contributed by atoms with E-state index in [1.807, 2.05) is 31.2 Å². The summed E-state index contributed by atoms with van der Waals surface area (Å²) >= 11 is 3.48. The van der Waals surface area contributed by atoms with Crippen molar-refractivity contribution < 1.29 is 14.3 Å². The monoisotopic (exact) mass is 443 g/mol. The maximum absolute atomic E-state index is 13.3. The zero-order valence-corrected chi connectivity index (χ0v) is 17.8. The quantitative estimate of drug-likeness (QED) is 0.578. The first-order valence-electron chi connectivity index (χ1n) is 10.3. The van der Waals surface area contributed by atoms with E-state index in [9.17, 15) is 9.59 Å². The molecule has 5 heteroatoms. The van der Waals surface area contributed by atoms with Crippen LogP contribution in [0.25, 0.3) is 0 Å². The summed E-state index contributed by atoms with van der Waals surface area (Å²) in [4.78, 5) is 30.8. The van der Waals surface area contributed by atoms with Gasteiger partial charge in [-0.2, -0.15) is 0 Å². The van der Waals surface area contributed by atoms with E-state index in [0.29, 0.717) is 6.42 Å². The Hall–Kier alpha value is -1.75. The smallest absolute Gasteiger partial charge is 0.315 e. The lowest BCUT2D eigenvalue weighted by Gasteiger charge is -2.35. The Morgan fingerprint density at radius 3 is 2.50 bits per heavy atom. The van der Waals surface area contributed by atoms with Crippen LogP contribution < -0.4 is 0 Å². The minimum absolute atomic E-state index is 0.00273. The van der Waals surface area contributed by atoms with Crippen molar-refractivity contribution in [2.45, 2.75) is 70.3 Å². The number of ether oxygens (including phenoxy) is 1. The molecule has 2 atom stereocenters. The van der Waals surface area contributed by atoms with Crippen LogP contribution in [0, 0.1) is 5.92 Å². The molecule has 4 rings (SSSR count). The largest absolute Gasteiger partial charge is 0.462 e. The standard InChI is InChI=1S/C23H26BrNO3/c1-14-20(23(27)28-17-6-3-2-4-7-17)21(15-10-12-16(24)13-11-15)22-18(25-14)8-5-9-19(22)26/h10-13,17,20-21H,2-9H2,1H3/t20?,21-/m0/s1. The third-order valence-electron chi connectivity index (χ3n) is 6.15. The van der Waals surface area contributed by atoms with Gasteiger partial charge in [-0.05, 0) is 63.1 Å². The molecular formula is C23H26BrNO3. The van der Waals surface area contributed by atoms with Gasteiger partial charge in [0.1, 0.15) is 12.0 Å². The molecule has 1 saturated carbocycles. The number of halogens is 1. The molecule has 1 aromatic rings. The van der Waals surface area contributed by atoms with Gasteiger partial charge in [0, 0.05) is 33.8 Å². The predicted molar refractivity (Wildman–Crippen MR) is 112 cm³/mol. The number of Topliss-reactive ketones (excluding diaryl/α,β-unsaturated/α-hetero) is 1. The van der Waals surface area contributed by atoms with Crippen molar-refractivity contribution >= 4 is 33.4 Å². The van der Waals surface area contributed by atoms with Gasteiger partial charge in [-0.1, -0.05) is 34.5 Å². The molecule has 0 bridgehead atoms. The van der Waals surface area contributed by atoms with Crippen molar-refractivity contribution in [1.82, 2.24) is 0 Å². The summed E-state index contributed by atoms with van der Waals surface area (Å²) in [6.07, 6.45) is 7.47. The molecule has 3 aliphatic rings. The highest BCUT2D eigenvalue weighted by atomic mass is 79.9. The molecule has 1 fully saturated rings. The number of aliphatic imine (C=N–C) groups is 1. The summed E-state index contributed by atoms with van der Waals surface area (Å²) < 4.78 is 6.90. The summed E-state index contributed by atoms with van der Waals surface area (Å²) in [6.45, 7) is 1.90. The van der Waals surface area contributed by atoms with Crippen molar-refractivity contribution in [1.29, 1.82) is 0 Å². The SMILES string of the molecule is CC1=NC2=C(C(=O)CCC2)[C@@H](c2ccc(Br)cc2)C1C(=O)OC1CCCCC1. The van der Waals surface area contributed by atoms with Crippen molar-refractivity contribution in [3.8, 4) is 0 Å². The second-order valence-electron chi connectivity index (χ2n) is 8.09. The second kappa shape index (κ2) is 8.32. The molecule has 1 aliphatic heterocycles. The van der Waals surface area contributed by atoms with Crippen LogP contribution in [0.15, 0.2) is 45.0 Å². The van der Waals surface area contributed by atoms with Gasteiger partial charge in [0.05, 0.1) is 0 Å². The predicted octanol–water partition coefficient (Wildman–Crippen LogP) is 5.51. The molecule has 0 spiro atoms. The number of rotatable bonds is 3. The molecule has 0 radical (unpaired) electrons. The number of esters is 1. The first-order valence-corrected chi connectivity index (χ1v) is 11.1. The van der Waals surface area contributed by atoms with E-state index in [1.165, 1.54) is 6.42 Å². The van der Waals surface area contributed by atoms with Gasteiger partial charge in [0.2, 0.25) is 0 Å². The Labute approximate surface area is 174 Å². The van der Waals surface area contributed by atoms with Crippen LogP contribution in [-0.4, -0.2) is 23.6 Å². The number of ketones is 1. The van der Waals surface area contributed by atoms with Crippen LogP contribution >= 0.6 is 15.9 Å². The van der Waals surface area contributed by atoms with E-state index in [2.05, 4.69) is 15.9 Å². The highest BCUT2D eigenvalue weighted by Crippen LogP contribution is 2.44. The normalized spacial score (nSPS) is 25.9. The van der Waals surface area contributed by atoms with Crippen molar-refractivity contribution in [3.63, 3.8) is 0 Å². The van der Waals surface area contributed by atoms with Gasteiger partial charge in [0.25, 0.3) is 0 Å². The fourth-order valence-corrected chi connectivity index (χ4v) is 5.03. The van der Waals surface area contributed by atoms with E-state index in [0.717, 1.165) is 65.5 Å². The van der Waals surface area contributed by atoms with Crippen LogP contribution in [0.3, 0.4) is 0 Å². The molecule has 1 aromatic carbocycles. The number of nitrogens with zero attached hydrogens (tertiary/aromatic N) is 1. The summed E-state index contributed by atoms with van der Waals surface area (Å²) in [5, 5.41) is 0. The number of carbonyl (C=O) groups is 2. The lowest BCUT2D eigenvalue weighted by molar-refractivity contribution is -0.153. The molecule has 28 heavy (non-hydrogen) atoms. The van der Waals surface area contributed by atoms with Gasteiger partial charge >= 0.3 is 5.97 Å². The molecular weight excluding hydrogens is 418 g/mol. The molecule has 1 unspecified atom stereocenters. The molecule has 2 aliphatic carbocycles. The number of hydrogen-bond donors (Lipinski definition) is 0. The zero-order valence-electron chi connectivity index (χ0n) is 16.2. The minimum atomic E-state index is -0.524. The number of allylic oxidation sites excluding steroid dienone is 2. The second-order valence-corrected chi connectivity index (χ2v) is 9.01. The highest BCUT2D eigenvalue weighted by molar-refractivity contribution is 9.10.